The number of urea groups is 1. The van der Waals surface area contributed by atoms with Crippen molar-refractivity contribution < 1.29 is 18.0 Å². The van der Waals surface area contributed by atoms with Crippen molar-refractivity contribution in [3.05, 3.63) is 89.5 Å². The van der Waals surface area contributed by atoms with Crippen molar-refractivity contribution in [3.8, 4) is 11.3 Å². The number of amides is 2. The molecule has 2 aromatic carbocycles. The maximum absolute atomic E-state index is 14.3. The number of carbonyl (C=O) groups excluding carboxylic acids is 1. The molecule has 0 bridgehead atoms. The molecule has 0 aliphatic carbocycles. The maximum Gasteiger partial charge on any atom is 0.314 e. The Hall–Kier alpha value is -3.81. The number of hydrogen-bond donors (Lipinski definition) is 3. The van der Waals surface area contributed by atoms with E-state index in [9.17, 15) is 18.0 Å². The molecule has 0 saturated heterocycles. The van der Waals surface area contributed by atoms with Gasteiger partial charge in [-0.1, -0.05) is 0 Å². The molecule has 0 aliphatic rings. The van der Waals surface area contributed by atoms with Crippen LogP contribution in [0.2, 0.25) is 0 Å². The van der Waals surface area contributed by atoms with Crippen molar-refractivity contribution in [1.29, 1.82) is 0 Å². The second-order valence-corrected chi connectivity index (χ2v) is 7.33. The van der Waals surface area contributed by atoms with E-state index in [0.717, 1.165) is 11.6 Å². The first kappa shape index (κ1) is 21.4. The number of aromatic amines is 1. The molecule has 0 saturated carbocycles. The highest BCUT2D eigenvalue weighted by Crippen LogP contribution is 2.32. The lowest BCUT2D eigenvalue weighted by molar-refractivity contribution is 0.241. The first-order chi connectivity index (χ1) is 15.5. The molecule has 164 valence electrons. The van der Waals surface area contributed by atoms with Crippen LogP contribution < -0.4 is 10.6 Å². The van der Waals surface area contributed by atoms with E-state index in [1.807, 2.05) is 12.1 Å². The molecular weight excluding hydrogens is 417 g/mol. The Morgan fingerprint density at radius 2 is 1.56 bits per heavy atom. The van der Waals surface area contributed by atoms with Gasteiger partial charge in [0.1, 0.15) is 17.5 Å². The average molecular weight is 438 g/mol. The highest BCUT2D eigenvalue weighted by molar-refractivity contribution is 5.91. The lowest BCUT2D eigenvalue weighted by atomic mass is 10.0. The van der Waals surface area contributed by atoms with Crippen molar-refractivity contribution in [2.45, 2.75) is 12.8 Å². The molecule has 0 atom stereocenters. The smallest absolute Gasteiger partial charge is 0.314 e. The summed E-state index contributed by atoms with van der Waals surface area (Å²) in [6.45, 7) is 0.709. The van der Waals surface area contributed by atoms with Crippen LogP contribution in [0, 0.1) is 17.5 Å². The van der Waals surface area contributed by atoms with E-state index >= 15 is 0 Å². The minimum absolute atomic E-state index is 0.169. The van der Waals surface area contributed by atoms with Gasteiger partial charge in [-0.05, 0) is 72.0 Å². The Kier molecular flexibility index (Phi) is 6.39. The first-order valence-electron chi connectivity index (χ1n) is 10.2. The number of aromatic nitrogens is 2. The molecule has 3 N–H and O–H groups in total. The Morgan fingerprint density at radius 1 is 0.875 bits per heavy atom. The second kappa shape index (κ2) is 9.55. The van der Waals surface area contributed by atoms with E-state index < -0.39 is 17.5 Å². The van der Waals surface area contributed by atoms with Crippen LogP contribution in [0.1, 0.15) is 11.1 Å². The van der Waals surface area contributed by atoms with E-state index in [2.05, 4.69) is 20.6 Å². The molecule has 4 aromatic rings. The van der Waals surface area contributed by atoms with E-state index in [4.69, 9.17) is 0 Å². The van der Waals surface area contributed by atoms with Crippen molar-refractivity contribution in [1.82, 2.24) is 20.6 Å². The SMILES string of the molecule is O=C(NCCc1ccncc1)NCCc1c(-c2ccc(F)cc2)[nH]c2c(F)cc(F)cc12. The second-order valence-electron chi connectivity index (χ2n) is 7.33. The van der Waals surface area contributed by atoms with Gasteiger partial charge in [-0.15, -0.1) is 0 Å². The minimum Gasteiger partial charge on any atom is -0.352 e. The molecule has 5 nitrogen and oxygen atoms in total. The van der Waals surface area contributed by atoms with Crippen LogP contribution in [-0.2, 0) is 12.8 Å². The van der Waals surface area contributed by atoms with Gasteiger partial charge in [-0.25, -0.2) is 18.0 Å². The number of halogens is 3. The summed E-state index contributed by atoms with van der Waals surface area (Å²) < 4.78 is 41.6. The number of nitrogens with zero attached hydrogens (tertiary/aromatic N) is 1. The summed E-state index contributed by atoms with van der Waals surface area (Å²) in [5.41, 5.74) is 3.07. The third-order valence-electron chi connectivity index (χ3n) is 5.17. The summed E-state index contributed by atoms with van der Waals surface area (Å²) in [7, 11) is 0. The topological polar surface area (TPSA) is 69.8 Å². The molecule has 8 heteroatoms. The third-order valence-corrected chi connectivity index (χ3v) is 5.17. The number of rotatable bonds is 7. The lowest BCUT2D eigenvalue weighted by Gasteiger charge is -2.09. The zero-order chi connectivity index (χ0) is 22.5. The highest BCUT2D eigenvalue weighted by atomic mass is 19.1. The molecule has 0 fully saturated rings. The fourth-order valence-electron chi connectivity index (χ4n) is 3.63. The monoisotopic (exact) mass is 438 g/mol. The molecule has 4 rings (SSSR count). The Balaban J connectivity index is 1.46. The van der Waals surface area contributed by atoms with Gasteiger partial charge in [-0.2, -0.15) is 0 Å². The normalized spacial score (nSPS) is 11.0. The maximum atomic E-state index is 14.3. The zero-order valence-electron chi connectivity index (χ0n) is 17.1. The van der Waals surface area contributed by atoms with Crippen LogP contribution >= 0.6 is 0 Å². The molecule has 0 unspecified atom stereocenters. The standard InChI is InChI=1S/C24H21F3N4O/c25-17-3-1-16(2-4-17)22-19(20-13-18(26)14-21(27)23(20)31-22)8-12-30-24(32)29-11-7-15-5-9-28-10-6-15/h1-6,9-10,13-14,31H,7-8,11-12H2,(H2,29,30,32). The van der Waals surface area contributed by atoms with E-state index in [0.29, 0.717) is 41.6 Å². The molecule has 2 amide bonds. The van der Waals surface area contributed by atoms with Crippen LogP contribution in [0.3, 0.4) is 0 Å². The summed E-state index contributed by atoms with van der Waals surface area (Å²) in [4.78, 5) is 19.1. The van der Waals surface area contributed by atoms with Crippen molar-refractivity contribution in [2.24, 2.45) is 0 Å². The van der Waals surface area contributed by atoms with Gasteiger partial charge in [0.25, 0.3) is 0 Å². The number of carbonyl (C=O) groups is 1. The van der Waals surface area contributed by atoms with Gasteiger partial charge in [0.15, 0.2) is 0 Å². The van der Waals surface area contributed by atoms with Crippen molar-refractivity contribution in [2.75, 3.05) is 13.1 Å². The number of fused-ring (bicyclic) bond motifs is 1. The van der Waals surface area contributed by atoms with Crippen molar-refractivity contribution >= 4 is 16.9 Å². The minimum atomic E-state index is -0.712. The predicted molar refractivity (Wildman–Crippen MR) is 117 cm³/mol. The molecule has 0 spiro atoms. The summed E-state index contributed by atoms with van der Waals surface area (Å²) in [5.74, 6) is -1.80. The molecule has 0 radical (unpaired) electrons. The summed E-state index contributed by atoms with van der Waals surface area (Å²) in [6.07, 6.45) is 4.39. The molecule has 0 aliphatic heterocycles. The van der Waals surface area contributed by atoms with E-state index in [-0.39, 0.29) is 18.1 Å². The van der Waals surface area contributed by atoms with Gasteiger partial charge in [-0.3, -0.25) is 4.98 Å². The average Bonchev–Trinajstić information content (AvgIpc) is 3.14. The number of benzene rings is 2. The Morgan fingerprint density at radius 3 is 2.28 bits per heavy atom. The quantitative estimate of drug-likeness (QED) is 0.390. The van der Waals surface area contributed by atoms with E-state index in [1.165, 1.54) is 18.2 Å². The largest absolute Gasteiger partial charge is 0.352 e. The zero-order valence-corrected chi connectivity index (χ0v) is 17.1. The van der Waals surface area contributed by atoms with Crippen LogP contribution in [0.15, 0.2) is 60.9 Å². The van der Waals surface area contributed by atoms with Crippen molar-refractivity contribution in [3.63, 3.8) is 0 Å². The van der Waals surface area contributed by atoms with Gasteiger partial charge in [0, 0.05) is 42.6 Å². The third kappa shape index (κ3) is 4.91. The summed E-state index contributed by atoms with van der Waals surface area (Å²) in [6, 6.07) is 11.2. The Bertz CT molecular complexity index is 1220. The van der Waals surface area contributed by atoms with Gasteiger partial charge < -0.3 is 15.6 Å². The number of hydrogen-bond acceptors (Lipinski definition) is 2. The molecule has 2 aromatic heterocycles. The van der Waals surface area contributed by atoms with Crippen LogP contribution in [-0.4, -0.2) is 29.1 Å². The molecular formula is C24H21F3N4O. The number of H-pyrrole nitrogens is 1. The highest BCUT2D eigenvalue weighted by Gasteiger charge is 2.17. The number of pyridine rings is 1. The van der Waals surface area contributed by atoms with Gasteiger partial charge in [0.05, 0.1) is 5.52 Å². The fraction of sp³-hybridized carbons (Fsp3) is 0.167. The Labute approximate surface area is 182 Å². The van der Waals surface area contributed by atoms with Crippen LogP contribution in [0.5, 0.6) is 0 Å². The lowest BCUT2D eigenvalue weighted by Crippen LogP contribution is -2.37. The molecule has 2 heterocycles. The number of nitrogens with one attached hydrogen (secondary N) is 3. The molecule has 32 heavy (non-hydrogen) atoms. The van der Waals surface area contributed by atoms with Crippen LogP contribution in [0.25, 0.3) is 22.2 Å². The van der Waals surface area contributed by atoms with Crippen LogP contribution in [0.4, 0.5) is 18.0 Å². The summed E-state index contributed by atoms with van der Waals surface area (Å²) >= 11 is 0. The van der Waals surface area contributed by atoms with Gasteiger partial charge >= 0.3 is 6.03 Å². The first-order valence-corrected chi connectivity index (χ1v) is 10.2. The predicted octanol–water partition coefficient (Wildman–Crippen LogP) is 4.73. The van der Waals surface area contributed by atoms with E-state index in [1.54, 1.807) is 24.5 Å². The van der Waals surface area contributed by atoms with Gasteiger partial charge in [0.2, 0.25) is 0 Å². The fourth-order valence-corrected chi connectivity index (χ4v) is 3.63. The summed E-state index contributed by atoms with van der Waals surface area (Å²) in [5, 5.41) is 5.93.